The first-order valence-electron chi connectivity index (χ1n) is 6.80. The number of thioether (sulfide) groups is 1. The average Bonchev–Trinajstić information content (AvgIpc) is 2.57. The summed E-state index contributed by atoms with van der Waals surface area (Å²) in [5, 5.41) is 0. The fourth-order valence-electron chi connectivity index (χ4n) is 1.34. The molecule has 4 N–H and O–H groups in total. The van der Waals surface area contributed by atoms with Crippen molar-refractivity contribution < 1.29 is 9.47 Å². The quantitative estimate of drug-likeness (QED) is 0.752. The highest BCUT2D eigenvalue weighted by Gasteiger charge is 2.02. The van der Waals surface area contributed by atoms with Crippen molar-refractivity contribution in [1.29, 1.82) is 0 Å². The SMILES string of the molecule is CC.COc1ncc(N)cc1Br.COc1ncc(N)cc1SC. The molecule has 128 valence electrons. The van der Waals surface area contributed by atoms with Gasteiger partial charge in [0.15, 0.2) is 0 Å². The summed E-state index contributed by atoms with van der Waals surface area (Å²) in [5.74, 6) is 1.18. The summed E-state index contributed by atoms with van der Waals surface area (Å²) in [6.07, 6.45) is 5.08. The summed E-state index contributed by atoms with van der Waals surface area (Å²) in [6.45, 7) is 4.00. The number of hydrogen-bond acceptors (Lipinski definition) is 7. The molecule has 2 heterocycles. The number of nitrogens with zero attached hydrogens (tertiary/aromatic N) is 2. The Morgan fingerprint density at radius 1 is 0.957 bits per heavy atom. The maximum absolute atomic E-state index is 5.53. The van der Waals surface area contributed by atoms with E-state index in [1.165, 1.54) is 0 Å². The van der Waals surface area contributed by atoms with Crippen molar-refractivity contribution in [1.82, 2.24) is 9.97 Å². The first kappa shape index (κ1) is 21.3. The van der Waals surface area contributed by atoms with E-state index in [0.717, 1.165) is 9.37 Å². The molecule has 0 aromatic carbocycles. The second-order valence-electron chi connectivity index (χ2n) is 3.74. The lowest BCUT2D eigenvalue weighted by molar-refractivity contribution is 0.387. The summed E-state index contributed by atoms with van der Waals surface area (Å²) < 4.78 is 10.7. The van der Waals surface area contributed by atoms with E-state index in [1.807, 2.05) is 26.2 Å². The van der Waals surface area contributed by atoms with Crippen molar-refractivity contribution in [3.8, 4) is 11.8 Å². The topological polar surface area (TPSA) is 96.3 Å². The number of nitrogens with two attached hydrogens (primary N) is 2. The van der Waals surface area contributed by atoms with Gasteiger partial charge < -0.3 is 20.9 Å². The summed E-state index contributed by atoms with van der Waals surface area (Å²) in [6, 6.07) is 3.59. The second kappa shape index (κ2) is 11.8. The molecule has 23 heavy (non-hydrogen) atoms. The van der Waals surface area contributed by atoms with Gasteiger partial charge in [-0.15, -0.1) is 11.8 Å². The Morgan fingerprint density at radius 2 is 1.43 bits per heavy atom. The molecule has 0 aliphatic rings. The van der Waals surface area contributed by atoms with Crippen LogP contribution in [0.1, 0.15) is 13.8 Å². The minimum absolute atomic E-state index is 0.550. The first-order chi connectivity index (χ1) is 11.0. The van der Waals surface area contributed by atoms with Crippen LogP contribution in [0.4, 0.5) is 11.4 Å². The normalized spacial score (nSPS) is 8.96. The van der Waals surface area contributed by atoms with Crippen LogP contribution in [-0.4, -0.2) is 30.4 Å². The van der Waals surface area contributed by atoms with E-state index in [9.17, 15) is 0 Å². The zero-order valence-electron chi connectivity index (χ0n) is 14.0. The highest BCUT2D eigenvalue weighted by Crippen LogP contribution is 2.26. The lowest BCUT2D eigenvalue weighted by Gasteiger charge is -2.04. The third-order valence-electron chi connectivity index (χ3n) is 2.27. The monoisotopic (exact) mass is 402 g/mol. The van der Waals surface area contributed by atoms with Crippen LogP contribution in [0.5, 0.6) is 11.8 Å². The van der Waals surface area contributed by atoms with Gasteiger partial charge in [-0.05, 0) is 34.3 Å². The van der Waals surface area contributed by atoms with Crippen LogP contribution in [0.25, 0.3) is 0 Å². The molecule has 0 aliphatic carbocycles. The predicted octanol–water partition coefficient (Wildman–Crippen LogP) is 3.86. The number of pyridine rings is 2. The summed E-state index contributed by atoms with van der Waals surface area (Å²) >= 11 is 4.81. The van der Waals surface area contributed by atoms with Gasteiger partial charge in [0, 0.05) is 0 Å². The number of nitrogen functional groups attached to an aromatic ring is 2. The smallest absolute Gasteiger partial charge is 0.227 e. The molecule has 6 nitrogen and oxygen atoms in total. The van der Waals surface area contributed by atoms with Crippen LogP contribution in [0, 0.1) is 0 Å². The Hall–Kier alpha value is -1.67. The molecular weight excluding hydrogens is 380 g/mol. The summed E-state index contributed by atoms with van der Waals surface area (Å²) in [7, 11) is 3.15. The first-order valence-corrected chi connectivity index (χ1v) is 8.82. The van der Waals surface area contributed by atoms with E-state index < -0.39 is 0 Å². The summed E-state index contributed by atoms with van der Waals surface area (Å²) in [4.78, 5) is 8.87. The minimum atomic E-state index is 0.550. The molecule has 0 saturated heterocycles. The van der Waals surface area contributed by atoms with Crippen LogP contribution < -0.4 is 20.9 Å². The summed E-state index contributed by atoms with van der Waals surface area (Å²) in [5.41, 5.74) is 12.2. The van der Waals surface area contributed by atoms with Crippen LogP contribution >= 0.6 is 27.7 Å². The molecule has 0 radical (unpaired) electrons. The predicted molar refractivity (Wildman–Crippen MR) is 101 cm³/mol. The molecule has 0 aliphatic heterocycles. The Balaban J connectivity index is 0.000000381. The van der Waals surface area contributed by atoms with Gasteiger partial charge in [0.1, 0.15) is 0 Å². The van der Waals surface area contributed by atoms with Gasteiger partial charge in [-0.1, -0.05) is 13.8 Å². The van der Waals surface area contributed by atoms with Crippen molar-refractivity contribution >= 4 is 39.1 Å². The van der Waals surface area contributed by atoms with Crippen LogP contribution in [0.2, 0.25) is 0 Å². The van der Waals surface area contributed by atoms with Gasteiger partial charge in [-0.3, -0.25) is 0 Å². The molecule has 8 heteroatoms. The Kier molecular flexibility index (Phi) is 11.0. The number of aromatic nitrogens is 2. The van der Waals surface area contributed by atoms with Crippen molar-refractivity contribution in [2.45, 2.75) is 18.7 Å². The van der Waals surface area contributed by atoms with E-state index >= 15 is 0 Å². The second-order valence-corrected chi connectivity index (χ2v) is 5.44. The molecule has 0 fully saturated rings. The molecule has 0 atom stereocenters. The fraction of sp³-hybridized carbons (Fsp3) is 0.333. The number of rotatable bonds is 3. The molecular formula is C15H23BrN4O2S. The molecule has 0 bridgehead atoms. The standard InChI is InChI=1S/C7H10N2OS.C6H7BrN2O.C2H6/c1-10-7-6(11-2)3-5(8)4-9-7;1-10-6-5(7)2-4(8)3-9-6;1-2/h3-4H,8H2,1-2H3;2-3H,8H2,1H3;1-2H3. The van der Waals surface area contributed by atoms with E-state index in [2.05, 4.69) is 25.9 Å². The number of anilines is 2. The molecule has 0 saturated carbocycles. The van der Waals surface area contributed by atoms with Gasteiger partial charge in [0.05, 0.1) is 47.4 Å². The Bertz CT molecular complexity index is 600. The molecule has 2 aromatic rings. The van der Waals surface area contributed by atoms with E-state index in [0.29, 0.717) is 23.1 Å². The van der Waals surface area contributed by atoms with Crippen molar-refractivity contribution in [3.05, 3.63) is 29.0 Å². The number of ether oxygens (including phenoxy) is 2. The van der Waals surface area contributed by atoms with E-state index in [-0.39, 0.29) is 0 Å². The zero-order chi connectivity index (χ0) is 17.8. The van der Waals surface area contributed by atoms with Crippen LogP contribution in [0.15, 0.2) is 33.9 Å². The Labute approximate surface area is 150 Å². The fourth-order valence-corrected chi connectivity index (χ4v) is 2.43. The van der Waals surface area contributed by atoms with Crippen LogP contribution in [0.3, 0.4) is 0 Å². The van der Waals surface area contributed by atoms with Gasteiger partial charge >= 0.3 is 0 Å². The lowest BCUT2D eigenvalue weighted by Crippen LogP contribution is -1.92. The molecule has 2 rings (SSSR count). The number of hydrogen-bond donors (Lipinski definition) is 2. The molecule has 0 unspecified atom stereocenters. The molecule has 2 aromatic heterocycles. The maximum Gasteiger partial charge on any atom is 0.227 e. The molecule has 0 amide bonds. The number of halogens is 1. The van der Waals surface area contributed by atoms with Crippen LogP contribution in [-0.2, 0) is 0 Å². The lowest BCUT2D eigenvalue weighted by atomic mass is 10.4. The van der Waals surface area contributed by atoms with Gasteiger partial charge in [-0.2, -0.15) is 0 Å². The maximum atomic E-state index is 5.53. The largest absolute Gasteiger partial charge is 0.480 e. The zero-order valence-corrected chi connectivity index (χ0v) is 16.4. The van der Waals surface area contributed by atoms with Gasteiger partial charge in [-0.25, -0.2) is 9.97 Å². The highest BCUT2D eigenvalue weighted by molar-refractivity contribution is 9.10. The minimum Gasteiger partial charge on any atom is -0.480 e. The third kappa shape index (κ3) is 7.43. The van der Waals surface area contributed by atoms with Crippen molar-refractivity contribution in [2.75, 3.05) is 31.9 Å². The van der Waals surface area contributed by atoms with Gasteiger partial charge in [0.25, 0.3) is 0 Å². The third-order valence-corrected chi connectivity index (χ3v) is 3.58. The van der Waals surface area contributed by atoms with Crippen molar-refractivity contribution in [3.63, 3.8) is 0 Å². The average molecular weight is 403 g/mol. The van der Waals surface area contributed by atoms with Crippen molar-refractivity contribution in [2.24, 2.45) is 0 Å². The number of methoxy groups -OCH3 is 2. The Morgan fingerprint density at radius 3 is 1.87 bits per heavy atom. The molecule has 0 spiro atoms. The van der Waals surface area contributed by atoms with E-state index in [1.54, 1.807) is 44.4 Å². The highest BCUT2D eigenvalue weighted by atomic mass is 79.9. The van der Waals surface area contributed by atoms with E-state index in [4.69, 9.17) is 20.9 Å². The van der Waals surface area contributed by atoms with Gasteiger partial charge in [0.2, 0.25) is 11.8 Å².